The molecule has 0 fully saturated rings. The Kier molecular flexibility index (Phi) is 7.87. The van der Waals surface area contributed by atoms with Crippen molar-refractivity contribution in [2.75, 3.05) is 11.5 Å². The number of esters is 1. The average Bonchev–Trinajstić information content (AvgIpc) is 2.25. The summed E-state index contributed by atoms with van der Waals surface area (Å²) in [6, 6.07) is 0. The lowest BCUT2D eigenvalue weighted by Crippen LogP contribution is -2.28. The second-order valence-electron chi connectivity index (χ2n) is 3.01. The molecule has 6 nitrogen and oxygen atoms in total. The third-order valence-electron chi connectivity index (χ3n) is 1.51. The molecule has 0 aliphatic carbocycles. The maximum absolute atomic E-state index is 11.1. The topological polar surface area (TPSA) is 101 Å². The maximum Gasteiger partial charge on any atom is 0.345 e. The van der Waals surface area contributed by atoms with Crippen LogP contribution in [0.4, 0.5) is 0 Å². The van der Waals surface area contributed by atoms with Crippen LogP contribution in [0.15, 0.2) is 12.2 Å². The van der Waals surface area contributed by atoms with Gasteiger partial charge < -0.3 is 14.9 Å². The van der Waals surface area contributed by atoms with Crippen molar-refractivity contribution in [2.45, 2.75) is 19.4 Å². The van der Waals surface area contributed by atoms with E-state index in [1.54, 1.807) is 0 Å². The zero-order valence-corrected chi connectivity index (χ0v) is 10.1. The number of rotatable bonds is 8. The number of carbonyl (C=O) groups is 3. The summed E-state index contributed by atoms with van der Waals surface area (Å²) in [6.07, 6.45) is 0.921. The molecule has 7 heteroatoms. The van der Waals surface area contributed by atoms with Crippen LogP contribution in [-0.2, 0) is 19.1 Å². The van der Waals surface area contributed by atoms with Gasteiger partial charge >= 0.3 is 17.9 Å². The van der Waals surface area contributed by atoms with Gasteiger partial charge in [0.2, 0.25) is 6.10 Å². The summed E-state index contributed by atoms with van der Waals surface area (Å²) >= 11 is 1.36. The fourth-order valence-electron chi connectivity index (χ4n) is 0.809. The molecule has 0 aliphatic rings. The summed E-state index contributed by atoms with van der Waals surface area (Å²) in [5.74, 6) is -2.60. The Labute approximate surface area is 103 Å². The van der Waals surface area contributed by atoms with Crippen molar-refractivity contribution in [1.29, 1.82) is 0 Å². The highest BCUT2D eigenvalue weighted by atomic mass is 32.2. The van der Waals surface area contributed by atoms with E-state index in [9.17, 15) is 14.4 Å². The van der Waals surface area contributed by atoms with E-state index >= 15 is 0 Å². The Morgan fingerprint density at radius 2 is 1.94 bits per heavy atom. The van der Waals surface area contributed by atoms with Crippen molar-refractivity contribution in [2.24, 2.45) is 0 Å². The van der Waals surface area contributed by atoms with Gasteiger partial charge in [0, 0.05) is 17.9 Å². The number of ether oxygens (including phenoxy) is 1. The van der Waals surface area contributed by atoms with Gasteiger partial charge in [0.1, 0.15) is 0 Å². The molecule has 0 heterocycles. The molecule has 1 atom stereocenters. The van der Waals surface area contributed by atoms with Gasteiger partial charge in [0.05, 0.1) is 0 Å². The molecule has 2 N–H and O–H groups in total. The van der Waals surface area contributed by atoms with Gasteiger partial charge in [-0.15, -0.1) is 0 Å². The van der Waals surface area contributed by atoms with E-state index in [4.69, 9.17) is 10.2 Å². The Morgan fingerprint density at radius 3 is 2.41 bits per heavy atom. The van der Waals surface area contributed by atoms with Gasteiger partial charge in [0.15, 0.2) is 0 Å². The Hall–Kier alpha value is -1.50. The number of carbonyl (C=O) groups excluding carboxylic acids is 1. The Balaban J connectivity index is 4.20. The highest BCUT2D eigenvalue weighted by molar-refractivity contribution is 7.99. The molecule has 0 spiro atoms. The van der Waals surface area contributed by atoms with E-state index in [1.165, 1.54) is 11.8 Å². The Morgan fingerprint density at radius 1 is 1.29 bits per heavy atom. The smallest absolute Gasteiger partial charge is 0.345 e. The Bertz CT molecular complexity index is 312. The van der Waals surface area contributed by atoms with Crippen LogP contribution in [0, 0.1) is 0 Å². The largest absolute Gasteiger partial charge is 0.478 e. The van der Waals surface area contributed by atoms with Crippen molar-refractivity contribution in [3.63, 3.8) is 0 Å². The van der Waals surface area contributed by atoms with Crippen molar-refractivity contribution in [3.05, 3.63) is 12.2 Å². The molecule has 0 aliphatic heterocycles. The van der Waals surface area contributed by atoms with Crippen LogP contribution in [-0.4, -0.2) is 45.7 Å². The van der Waals surface area contributed by atoms with E-state index in [2.05, 4.69) is 4.74 Å². The first-order valence-corrected chi connectivity index (χ1v) is 6.05. The SMILES string of the molecule is CCCSCC(OC(=O)/C=C/C(=O)O)C(=O)O. The monoisotopic (exact) mass is 262 g/mol. The van der Waals surface area contributed by atoms with E-state index in [0.717, 1.165) is 12.2 Å². The minimum atomic E-state index is -1.30. The molecule has 0 rings (SSSR count). The molecular weight excluding hydrogens is 248 g/mol. The summed E-state index contributed by atoms with van der Waals surface area (Å²) in [5.41, 5.74) is 0. The fourth-order valence-corrected chi connectivity index (χ4v) is 1.69. The van der Waals surface area contributed by atoms with Gasteiger partial charge in [-0.1, -0.05) is 6.92 Å². The lowest BCUT2D eigenvalue weighted by atomic mass is 10.4. The third-order valence-corrected chi connectivity index (χ3v) is 2.75. The molecule has 0 saturated heterocycles. The first-order valence-electron chi connectivity index (χ1n) is 4.89. The van der Waals surface area contributed by atoms with Crippen LogP contribution in [0.3, 0.4) is 0 Å². The van der Waals surface area contributed by atoms with Crippen LogP contribution < -0.4 is 0 Å². The minimum absolute atomic E-state index is 0.149. The minimum Gasteiger partial charge on any atom is -0.478 e. The van der Waals surface area contributed by atoms with Crippen molar-refractivity contribution >= 4 is 29.7 Å². The molecule has 0 radical (unpaired) electrons. The molecule has 1 unspecified atom stereocenters. The normalized spacial score (nSPS) is 12.3. The quantitative estimate of drug-likeness (QED) is 0.378. The van der Waals surface area contributed by atoms with Gasteiger partial charge in [-0.2, -0.15) is 11.8 Å². The lowest BCUT2D eigenvalue weighted by molar-refractivity contribution is -0.158. The summed E-state index contributed by atoms with van der Waals surface area (Å²) in [7, 11) is 0. The predicted molar refractivity (Wildman–Crippen MR) is 61.9 cm³/mol. The first kappa shape index (κ1) is 15.5. The second kappa shape index (κ2) is 8.63. The molecule has 0 amide bonds. The van der Waals surface area contributed by atoms with E-state index in [0.29, 0.717) is 12.2 Å². The van der Waals surface area contributed by atoms with Crippen LogP contribution >= 0.6 is 11.8 Å². The lowest BCUT2D eigenvalue weighted by Gasteiger charge is -2.11. The number of carboxylic acid groups (broad SMARTS) is 2. The zero-order valence-electron chi connectivity index (χ0n) is 9.29. The van der Waals surface area contributed by atoms with Gasteiger partial charge in [-0.05, 0) is 12.2 Å². The summed E-state index contributed by atoms with van der Waals surface area (Å²) < 4.78 is 4.60. The third kappa shape index (κ3) is 8.32. The molecule has 0 saturated carbocycles. The van der Waals surface area contributed by atoms with E-state index in [-0.39, 0.29) is 5.75 Å². The van der Waals surface area contributed by atoms with Crippen LogP contribution in [0.25, 0.3) is 0 Å². The van der Waals surface area contributed by atoms with E-state index < -0.39 is 24.0 Å². The van der Waals surface area contributed by atoms with Crippen LogP contribution in [0.1, 0.15) is 13.3 Å². The summed E-state index contributed by atoms with van der Waals surface area (Å²) in [4.78, 5) is 31.9. The number of carboxylic acids is 2. The molecule has 0 aromatic rings. The fraction of sp³-hybridized carbons (Fsp3) is 0.500. The molecule has 96 valence electrons. The van der Waals surface area contributed by atoms with Crippen molar-refractivity contribution < 1.29 is 29.3 Å². The highest BCUT2D eigenvalue weighted by Crippen LogP contribution is 2.08. The van der Waals surface area contributed by atoms with Crippen molar-refractivity contribution in [1.82, 2.24) is 0 Å². The van der Waals surface area contributed by atoms with Crippen LogP contribution in [0.5, 0.6) is 0 Å². The predicted octanol–water partition coefficient (Wildman–Crippen LogP) is 0.767. The molecular formula is C10H14O6S. The molecule has 0 aromatic carbocycles. The standard InChI is InChI=1S/C10H14O6S/c1-2-5-17-6-7(10(14)15)16-9(13)4-3-8(11)12/h3-4,7H,2,5-6H2,1H3,(H,11,12)(H,14,15)/b4-3+. The van der Waals surface area contributed by atoms with E-state index in [1.807, 2.05) is 6.92 Å². The van der Waals surface area contributed by atoms with Crippen LogP contribution in [0.2, 0.25) is 0 Å². The highest BCUT2D eigenvalue weighted by Gasteiger charge is 2.20. The second-order valence-corrected chi connectivity index (χ2v) is 4.16. The van der Waals surface area contributed by atoms with Gasteiger partial charge in [0.25, 0.3) is 0 Å². The zero-order chi connectivity index (χ0) is 13.3. The average molecular weight is 262 g/mol. The molecule has 17 heavy (non-hydrogen) atoms. The molecule has 0 aromatic heterocycles. The van der Waals surface area contributed by atoms with Gasteiger partial charge in [-0.3, -0.25) is 0 Å². The van der Waals surface area contributed by atoms with Gasteiger partial charge in [-0.25, -0.2) is 14.4 Å². The number of hydrogen-bond donors (Lipinski definition) is 2. The summed E-state index contributed by atoms with van der Waals surface area (Å²) in [6.45, 7) is 1.95. The number of thioether (sulfide) groups is 1. The molecule has 0 bridgehead atoms. The maximum atomic E-state index is 11.1. The number of aliphatic carboxylic acids is 2. The number of hydrogen-bond acceptors (Lipinski definition) is 5. The summed E-state index contributed by atoms with van der Waals surface area (Å²) in [5, 5.41) is 17.0. The van der Waals surface area contributed by atoms with Crippen molar-refractivity contribution in [3.8, 4) is 0 Å². The first-order chi connectivity index (χ1) is 7.97.